The average Bonchev–Trinajstić information content (AvgIpc) is 2.47. The Kier molecular flexibility index (Phi) is 15.2. The fourth-order valence-corrected chi connectivity index (χ4v) is 2.37. The van der Waals surface area contributed by atoms with Crippen molar-refractivity contribution in [2.75, 3.05) is 33.2 Å². The number of hydrogen-bond acceptors (Lipinski definition) is 3. The highest BCUT2D eigenvalue weighted by Gasteiger charge is 2.04. The Balaban J connectivity index is 3.10. The van der Waals surface area contributed by atoms with E-state index in [1.807, 2.05) is 0 Å². The zero-order valence-electron chi connectivity index (χ0n) is 14.3. The van der Waals surface area contributed by atoms with Crippen LogP contribution in [0, 0.1) is 0 Å². The van der Waals surface area contributed by atoms with Gasteiger partial charge in [-0.25, -0.2) is 0 Å². The van der Waals surface area contributed by atoms with Gasteiger partial charge in [-0.2, -0.15) is 0 Å². The van der Waals surface area contributed by atoms with E-state index in [1.165, 1.54) is 77.4 Å². The summed E-state index contributed by atoms with van der Waals surface area (Å²) >= 11 is 0. The van der Waals surface area contributed by atoms with E-state index in [0.717, 1.165) is 12.6 Å². The molecule has 0 aliphatic carbocycles. The van der Waals surface area contributed by atoms with Crippen LogP contribution in [0.3, 0.4) is 0 Å². The first-order valence-corrected chi connectivity index (χ1v) is 8.83. The maximum Gasteiger partial charge on any atom is 0.00612 e. The summed E-state index contributed by atoms with van der Waals surface area (Å²) < 4.78 is 0. The molecule has 3 N–H and O–H groups in total. The predicted octanol–water partition coefficient (Wildman–Crippen LogP) is 3.39. The third-order valence-corrected chi connectivity index (χ3v) is 4.27. The molecule has 0 aromatic carbocycles. The normalized spacial score (nSPS) is 13.1. The Morgan fingerprint density at radius 3 is 2.00 bits per heavy atom. The first-order chi connectivity index (χ1) is 9.72. The van der Waals surface area contributed by atoms with Crippen molar-refractivity contribution in [2.24, 2.45) is 5.73 Å². The number of unbranched alkanes of at least 4 members (excludes halogenated alkanes) is 6. The third-order valence-electron chi connectivity index (χ3n) is 4.27. The Morgan fingerprint density at radius 1 is 0.900 bits per heavy atom. The molecule has 0 rings (SSSR count). The van der Waals surface area contributed by atoms with Crippen molar-refractivity contribution in [3.05, 3.63) is 0 Å². The topological polar surface area (TPSA) is 41.3 Å². The van der Waals surface area contributed by atoms with Gasteiger partial charge in [-0.05, 0) is 72.3 Å². The lowest BCUT2D eigenvalue weighted by Crippen LogP contribution is -2.29. The Bertz CT molecular complexity index is 185. The molecule has 0 unspecified atom stereocenters. The largest absolute Gasteiger partial charge is 0.330 e. The van der Waals surface area contributed by atoms with E-state index in [1.54, 1.807) is 0 Å². The molecule has 20 heavy (non-hydrogen) atoms. The van der Waals surface area contributed by atoms with Crippen molar-refractivity contribution in [3.8, 4) is 0 Å². The van der Waals surface area contributed by atoms with Gasteiger partial charge < -0.3 is 16.0 Å². The van der Waals surface area contributed by atoms with Crippen molar-refractivity contribution in [1.29, 1.82) is 0 Å². The van der Waals surface area contributed by atoms with Crippen molar-refractivity contribution in [1.82, 2.24) is 10.2 Å². The van der Waals surface area contributed by atoms with Crippen LogP contribution < -0.4 is 11.1 Å². The Labute approximate surface area is 127 Å². The summed E-state index contributed by atoms with van der Waals surface area (Å²) in [6.45, 7) is 9.06. The van der Waals surface area contributed by atoms with E-state index >= 15 is 0 Å². The van der Waals surface area contributed by atoms with Crippen molar-refractivity contribution in [2.45, 2.75) is 77.7 Å². The second-order valence-corrected chi connectivity index (χ2v) is 6.10. The lowest BCUT2D eigenvalue weighted by Gasteiger charge is -2.23. The van der Waals surface area contributed by atoms with E-state index in [-0.39, 0.29) is 0 Å². The predicted molar refractivity (Wildman–Crippen MR) is 91.2 cm³/mol. The van der Waals surface area contributed by atoms with Crippen molar-refractivity contribution >= 4 is 0 Å². The van der Waals surface area contributed by atoms with Crippen LogP contribution >= 0.6 is 0 Å². The summed E-state index contributed by atoms with van der Waals surface area (Å²) in [4.78, 5) is 2.49. The maximum atomic E-state index is 5.47. The minimum absolute atomic E-state index is 0.732. The second kappa shape index (κ2) is 15.3. The monoisotopic (exact) mass is 285 g/mol. The van der Waals surface area contributed by atoms with Gasteiger partial charge in [-0.15, -0.1) is 0 Å². The van der Waals surface area contributed by atoms with Crippen LogP contribution in [-0.2, 0) is 0 Å². The zero-order chi connectivity index (χ0) is 15.1. The molecule has 0 spiro atoms. The standard InChI is InChI=1S/C17H39N3/c1-4-17(2)20(3)16-12-8-7-11-15-19-14-10-6-5-9-13-18/h17,19H,4-16,18H2,1-3H3/t17-/m0/s1. The van der Waals surface area contributed by atoms with Gasteiger partial charge in [-0.3, -0.25) is 0 Å². The Hall–Kier alpha value is -0.120. The molecule has 0 heterocycles. The minimum Gasteiger partial charge on any atom is -0.330 e. The van der Waals surface area contributed by atoms with Crippen LogP contribution in [-0.4, -0.2) is 44.2 Å². The SMILES string of the molecule is CC[C@H](C)N(C)CCCCCCNCCCCCCN. The van der Waals surface area contributed by atoms with Gasteiger partial charge in [0.25, 0.3) is 0 Å². The molecular formula is C17H39N3. The molecule has 0 fully saturated rings. The van der Waals surface area contributed by atoms with Crippen LogP contribution in [0.15, 0.2) is 0 Å². The molecule has 0 saturated heterocycles. The molecule has 0 aromatic heterocycles. The summed E-state index contributed by atoms with van der Waals surface area (Å²) in [7, 11) is 2.25. The fourth-order valence-electron chi connectivity index (χ4n) is 2.37. The summed E-state index contributed by atoms with van der Waals surface area (Å²) in [5.74, 6) is 0. The van der Waals surface area contributed by atoms with Crippen LogP contribution in [0.4, 0.5) is 0 Å². The third kappa shape index (κ3) is 12.9. The minimum atomic E-state index is 0.732. The lowest BCUT2D eigenvalue weighted by molar-refractivity contribution is 0.246. The molecule has 0 aliphatic rings. The van der Waals surface area contributed by atoms with Gasteiger partial charge in [0.2, 0.25) is 0 Å². The Morgan fingerprint density at radius 2 is 1.45 bits per heavy atom. The highest BCUT2D eigenvalue weighted by molar-refractivity contribution is 4.61. The molecular weight excluding hydrogens is 246 g/mol. The van der Waals surface area contributed by atoms with Crippen LogP contribution in [0.25, 0.3) is 0 Å². The first-order valence-electron chi connectivity index (χ1n) is 8.83. The van der Waals surface area contributed by atoms with Crippen molar-refractivity contribution in [3.63, 3.8) is 0 Å². The van der Waals surface area contributed by atoms with Crippen LogP contribution in [0.1, 0.15) is 71.6 Å². The molecule has 3 nitrogen and oxygen atoms in total. The average molecular weight is 286 g/mol. The molecule has 0 radical (unpaired) electrons. The van der Waals surface area contributed by atoms with Gasteiger partial charge >= 0.3 is 0 Å². The quantitative estimate of drug-likeness (QED) is 0.453. The first kappa shape index (κ1) is 19.9. The van der Waals surface area contributed by atoms with Gasteiger partial charge in [0.1, 0.15) is 0 Å². The number of nitrogens with zero attached hydrogens (tertiary/aromatic N) is 1. The lowest BCUT2D eigenvalue weighted by atomic mass is 10.1. The van der Waals surface area contributed by atoms with Gasteiger partial charge in [0.15, 0.2) is 0 Å². The molecule has 0 bridgehead atoms. The van der Waals surface area contributed by atoms with E-state index in [9.17, 15) is 0 Å². The number of nitrogens with one attached hydrogen (secondary N) is 1. The second-order valence-electron chi connectivity index (χ2n) is 6.10. The van der Waals surface area contributed by atoms with Crippen LogP contribution in [0.2, 0.25) is 0 Å². The highest BCUT2D eigenvalue weighted by atomic mass is 15.1. The molecule has 3 heteroatoms. The van der Waals surface area contributed by atoms with E-state index in [0.29, 0.717) is 0 Å². The zero-order valence-corrected chi connectivity index (χ0v) is 14.3. The summed E-state index contributed by atoms with van der Waals surface area (Å²) in [5.41, 5.74) is 5.47. The van der Waals surface area contributed by atoms with Gasteiger partial charge in [-0.1, -0.05) is 32.6 Å². The molecule has 0 aliphatic heterocycles. The van der Waals surface area contributed by atoms with E-state index < -0.39 is 0 Å². The summed E-state index contributed by atoms with van der Waals surface area (Å²) in [6.07, 6.45) is 11.8. The highest BCUT2D eigenvalue weighted by Crippen LogP contribution is 2.05. The van der Waals surface area contributed by atoms with Crippen LogP contribution in [0.5, 0.6) is 0 Å². The van der Waals surface area contributed by atoms with Gasteiger partial charge in [0.05, 0.1) is 0 Å². The number of nitrogens with two attached hydrogens (primary N) is 1. The number of hydrogen-bond donors (Lipinski definition) is 2. The molecule has 122 valence electrons. The van der Waals surface area contributed by atoms with Gasteiger partial charge in [0, 0.05) is 6.04 Å². The fraction of sp³-hybridized carbons (Fsp3) is 1.00. The summed E-state index contributed by atoms with van der Waals surface area (Å²) in [5, 5.41) is 3.55. The van der Waals surface area contributed by atoms with E-state index in [4.69, 9.17) is 5.73 Å². The molecule has 0 saturated carbocycles. The number of rotatable bonds is 15. The molecule has 1 atom stereocenters. The van der Waals surface area contributed by atoms with Crippen molar-refractivity contribution < 1.29 is 0 Å². The van der Waals surface area contributed by atoms with E-state index in [2.05, 4.69) is 31.1 Å². The molecule has 0 amide bonds. The maximum absolute atomic E-state index is 5.47. The summed E-state index contributed by atoms with van der Waals surface area (Å²) in [6, 6.07) is 0.732. The molecule has 0 aromatic rings. The smallest absolute Gasteiger partial charge is 0.00612 e.